The van der Waals surface area contributed by atoms with Crippen molar-refractivity contribution in [3.63, 3.8) is 0 Å². The molecule has 0 amide bonds. The van der Waals surface area contributed by atoms with Crippen molar-refractivity contribution >= 4 is 11.6 Å². The van der Waals surface area contributed by atoms with Gasteiger partial charge in [0.2, 0.25) is 0 Å². The highest BCUT2D eigenvalue weighted by Gasteiger charge is 2.19. The van der Waals surface area contributed by atoms with Crippen molar-refractivity contribution in [2.45, 2.75) is 31.6 Å². The molecule has 3 rings (SSSR count). The molecular formula is C16H16ClN. The average Bonchev–Trinajstić information content (AvgIpc) is 2.39. The number of aromatic nitrogens is 1. The molecule has 0 aliphatic heterocycles. The van der Waals surface area contributed by atoms with E-state index in [1.807, 2.05) is 0 Å². The molecule has 1 aliphatic rings. The molecule has 2 aromatic rings. The van der Waals surface area contributed by atoms with E-state index in [-0.39, 0.29) is 5.38 Å². The Kier molecular flexibility index (Phi) is 3.09. The second kappa shape index (κ2) is 4.74. The van der Waals surface area contributed by atoms with Gasteiger partial charge in [0.15, 0.2) is 0 Å². The van der Waals surface area contributed by atoms with E-state index in [0.717, 1.165) is 25.0 Å². The number of aryl methyl sites for hydroxylation is 2. The van der Waals surface area contributed by atoms with Crippen molar-refractivity contribution in [1.29, 1.82) is 0 Å². The summed E-state index contributed by atoms with van der Waals surface area (Å²) in [6.07, 6.45) is 3.27. The van der Waals surface area contributed by atoms with E-state index >= 15 is 0 Å². The molecule has 1 aromatic carbocycles. The van der Waals surface area contributed by atoms with Crippen LogP contribution in [0.15, 0.2) is 36.4 Å². The molecule has 0 saturated heterocycles. The number of nitrogens with zero attached hydrogens (tertiary/aromatic N) is 1. The van der Waals surface area contributed by atoms with Gasteiger partial charge >= 0.3 is 0 Å². The number of rotatable bonds is 1. The molecule has 1 unspecified atom stereocenters. The van der Waals surface area contributed by atoms with E-state index < -0.39 is 0 Å². The highest BCUT2D eigenvalue weighted by Crippen LogP contribution is 2.35. The van der Waals surface area contributed by atoms with E-state index in [1.54, 1.807) is 0 Å². The van der Waals surface area contributed by atoms with Crippen LogP contribution in [0.3, 0.4) is 0 Å². The van der Waals surface area contributed by atoms with Gasteiger partial charge in [-0.2, -0.15) is 0 Å². The van der Waals surface area contributed by atoms with Crippen LogP contribution in [0.1, 0.15) is 35.0 Å². The van der Waals surface area contributed by atoms with Gasteiger partial charge in [-0.15, -0.1) is 11.6 Å². The highest BCUT2D eigenvalue weighted by atomic mass is 35.5. The van der Waals surface area contributed by atoms with Gasteiger partial charge in [-0.3, -0.25) is 4.98 Å². The third kappa shape index (κ3) is 2.04. The first-order valence-electron chi connectivity index (χ1n) is 6.45. The predicted molar refractivity (Wildman–Crippen MR) is 75.9 cm³/mol. The molecule has 1 atom stereocenters. The van der Waals surface area contributed by atoms with E-state index in [0.29, 0.717) is 0 Å². The van der Waals surface area contributed by atoms with Crippen LogP contribution in [0.2, 0.25) is 0 Å². The molecule has 0 bridgehead atoms. The van der Waals surface area contributed by atoms with Crippen molar-refractivity contribution in [3.8, 4) is 11.3 Å². The summed E-state index contributed by atoms with van der Waals surface area (Å²) in [6.45, 7) is 2.13. The number of hydrogen-bond donors (Lipinski definition) is 0. The molecule has 18 heavy (non-hydrogen) atoms. The summed E-state index contributed by atoms with van der Waals surface area (Å²) in [7, 11) is 0. The lowest BCUT2D eigenvalue weighted by Gasteiger charge is -2.20. The van der Waals surface area contributed by atoms with Gasteiger partial charge in [0.05, 0.1) is 11.1 Å². The molecule has 1 aliphatic carbocycles. The first-order valence-corrected chi connectivity index (χ1v) is 6.89. The Morgan fingerprint density at radius 2 is 2.00 bits per heavy atom. The minimum absolute atomic E-state index is 0.146. The molecule has 0 radical (unpaired) electrons. The molecule has 1 nitrogen and oxygen atoms in total. The third-order valence-corrected chi connectivity index (χ3v) is 4.09. The molecule has 2 heteroatoms. The molecule has 0 fully saturated rings. The largest absolute Gasteiger partial charge is 0.252 e. The van der Waals surface area contributed by atoms with E-state index in [1.165, 1.54) is 22.4 Å². The van der Waals surface area contributed by atoms with Crippen molar-refractivity contribution in [1.82, 2.24) is 4.98 Å². The summed E-state index contributed by atoms with van der Waals surface area (Å²) in [4.78, 5) is 4.81. The quantitative estimate of drug-likeness (QED) is 0.677. The van der Waals surface area contributed by atoms with Crippen LogP contribution in [-0.2, 0) is 6.42 Å². The highest BCUT2D eigenvalue weighted by molar-refractivity contribution is 6.21. The van der Waals surface area contributed by atoms with Crippen LogP contribution >= 0.6 is 11.6 Å². The van der Waals surface area contributed by atoms with Gasteiger partial charge in [-0.1, -0.05) is 30.3 Å². The molecule has 0 spiro atoms. The summed E-state index contributed by atoms with van der Waals surface area (Å²) in [5.74, 6) is 0. The second-order valence-electron chi connectivity index (χ2n) is 4.91. The van der Waals surface area contributed by atoms with Crippen LogP contribution in [0.4, 0.5) is 0 Å². The molecular weight excluding hydrogens is 242 g/mol. The predicted octanol–water partition coefficient (Wildman–Crippen LogP) is 4.67. The topological polar surface area (TPSA) is 12.9 Å². The zero-order valence-corrected chi connectivity index (χ0v) is 11.2. The number of alkyl halides is 1. The standard InChI is InChI=1S/C16H16ClN/c1-11-5-2-3-6-12(11)16-10-9-13-14(17)7-4-8-15(13)18-16/h2-3,5-6,9-10,14H,4,7-8H2,1H3. The van der Waals surface area contributed by atoms with Gasteiger partial charge < -0.3 is 0 Å². The lowest BCUT2D eigenvalue weighted by atomic mass is 9.94. The maximum atomic E-state index is 6.34. The lowest BCUT2D eigenvalue weighted by Crippen LogP contribution is -2.08. The van der Waals surface area contributed by atoms with Crippen LogP contribution < -0.4 is 0 Å². The third-order valence-electron chi connectivity index (χ3n) is 3.64. The summed E-state index contributed by atoms with van der Waals surface area (Å²) >= 11 is 6.34. The average molecular weight is 258 g/mol. The molecule has 92 valence electrons. The van der Waals surface area contributed by atoms with Crippen LogP contribution in [0, 0.1) is 6.92 Å². The van der Waals surface area contributed by atoms with Gasteiger partial charge in [-0.25, -0.2) is 0 Å². The Labute approximate surface area is 113 Å². The van der Waals surface area contributed by atoms with Crippen molar-refractivity contribution in [2.75, 3.05) is 0 Å². The number of benzene rings is 1. The Morgan fingerprint density at radius 1 is 1.17 bits per heavy atom. The fraction of sp³-hybridized carbons (Fsp3) is 0.312. The van der Waals surface area contributed by atoms with Gasteiger partial charge in [0.1, 0.15) is 0 Å². The van der Waals surface area contributed by atoms with Crippen molar-refractivity contribution in [2.24, 2.45) is 0 Å². The summed E-state index contributed by atoms with van der Waals surface area (Å²) in [5.41, 5.74) is 5.96. The van der Waals surface area contributed by atoms with Crippen LogP contribution in [0.25, 0.3) is 11.3 Å². The molecule has 1 heterocycles. The van der Waals surface area contributed by atoms with Crippen molar-refractivity contribution < 1.29 is 0 Å². The zero-order chi connectivity index (χ0) is 12.5. The Balaban J connectivity index is 2.08. The van der Waals surface area contributed by atoms with Gasteiger partial charge in [0, 0.05) is 11.3 Å². The van der Waals surface area contributed by atoms with Gasteiger partial charge in [-0.05, 0) is 43.4 Å². The Bertz CT molecular complexity index is 577. The molecule has 1 aromatic heterocycles. The van der Waals surface area contributed by atoms with Crippen molar-refractivity contribution in [3.05, 3.63) is 53.2 Å². The first-order chi connectivity index (χ1) is 8.75. The Hall–Kier alpha value is -1.34. The van der Waals surface area contributed by atoms with Crippen LogP contribution in [0.5, 0.6) is 0 Å². The maximum Gasteiger partial charge on any atom is 0.0708 e. The van der Waals surface area contributed by atoms with E-state index in [4.69, 9.17) is 16.6 Å². The fourth-order valence-electron chi connectivity index (χ4n) is 2.61. The fourth-order valence-corrected chi connectivity index (χ4v) is 2.97. The number of fused-ring (bicyclic) bond motifs is 1. The monoisotopic (exact) mass is 257 g/mol. The first kappa shape index (κ1) is 11.7. The minimum Gasteiger partial charge on any atom is -0.252 e. The van der Waals surface area contributed by atoms with Gasteiger partial charge in [0.25, 0.3) is 0 Å². The normalized spacial score (nSPS) is 18.4. The SMILES string of the molecule is Cc1ccccc1-c1ccc2c(n1)CCCC2Cl. The zero-order valence-electron chi connectivity index (χ0n) is 10.5. The number of hydrogen-bond acceptors (Lipinski definition) is 1. The number of pyridine rings is 1. The number of halogens is 1. The minimum atomic E-state index is 0.146. The van der Waals surface area contributed by atoms with E-state index in [2.05, 4.69) is 43.3 Å². The van der Waals surface area contributed by atoms with Crippen LogP contribution in [-0.4, -0.2) is 4.98 Å². The maximum absolute atomic E-state index is 6.34. The Morgan fingerprint density at radius 3 is 2.83 bits per heavy atom. The van der Waals surface area contributed by atoms with E-state index in [9.17, 15) is 0 Å². The molecule has 0 N–H and O–H groups in total. The summed E-state index contributed by atoms with van der Waals surface area (Å²) in [6, 6.07) is 12.6. The lowest BCUT2D eigenvalue weighted by molar-refractivity contribution is 0.652. The summed E-state index contributed by atoms with van der Waals surface area (Å²) in [5, 5.41) is 0.146. The smallest absolute Gasteiger partial charge is 0.0708 e. The molecule has 0 saturated carbocycles. The summed E-state index contributed by atoms with van der Waals surface area (Å²) < 4.78 is 0. The second-order valence-corrected chi connectivity index (χ2v) is 5.43.